The van der Waals surface area contributed by atoms with E-state index in [0.29, 0.717) is 6.20 Å². The molecule has 1 heterocycles. The predicted molar refractivity (Wildman–Crippen MR) is 36.6 cm³/mol. The van der Waals surface area contributed by atoms with Crippen molar-refractivity contribution in [2.24, 2.45) is 7.05 Å². The number of aryl methyl sites for hydroxylation is 1. The lowest BCUT2D eigenvalue weighted by molar-refractivity contribution is 0.500. The average molecular weight is 174 g/mol. The van der Waals surface area contributed by atoms with Crippen LogP contribution in [0.15, 0.2) is 6.20 Å². The normalized spacial score (nSPS) is 11.2. The van der Waals surface area contributed by atoms with Gasteiger partial charge < -0.3 is 12.9 Å². The summed E-state index contributed by atoms with van der Waals surface area (Å²) < 4.78 is 37.2. The van der Waals surface area contributed by atoms with Crippen LogP contribution in [0.4, 0.5) is 12.9 Å². The topological polar surface area (TPSA) is 41.6 Å². The van der Waals surface area contributed by atoms with Gasteiger partial charge in [0.05, 0.1) is 0 Å². The first-order chi connectivity index (χ1) is 5.46. The molecule has 0 saturated carbocycles. The first kappa shape index (κ1) is 8.65. The van der Waals surface area contributed by atoms with E-state index in [1.54, 1.807) is 0 Å². The fraction of sp³-hybridized carbons (Fsp3) is 0.200. The van der Waals surface area contributed by atoms with E-state index in [2.05, 4.69) is 5.10 Å². The molecule has 64 valence electrons. The summed E-state index contributed by atoms with van der Waals surface area (Å²) >= 11 is 0. The molecular formula is C5H4BF3N3-. The number of nitrogens with zero attached hydrogens (tertiary/aromatic N) is 3. The highest BCUT2D eigenvalue weighted by molar-refractivity contribution is 6.74. The van der Waals surface area contributed by atoms with Crippen LogP contribution in [0.1, 0.15) is 5.69 Å². The van der Waals surface area contributed by atoms with Gasteiger partial charge in [-0.25, -0.2) is 0 Å². The number of halogens is 3. The van der Waals surface area contributed by atoms with E-state index in [9.17, 15) is 12.9 Å². The van der Waals surface area contributed by atoms with Gasteiger partial charge in [-0.2, -0.15) is 10.4 Å². The minimum atomic E-state index is -5.12. The highest BCUT2D eigenvalue weighted by Gasteiger charge is 2.30. The van der Waals surface area contributed by atoms with Crippen molar-refractivity contribution in [3.05, 3.63) is 11.9 Å². The second-order valence-corrected chi connectivity index (χ2v) is 2.26. The van der Waals surface area contributed by atoms with Crippen LogP contribution >= 0.6 is 0 Å². The number of hydrogen-bond donors (Lipinski definition) is 0. The molecule has 0 radical (unpaired) electrons. The molecule has 12 heavy (non-hydrogen) atoms. The Hall–Kier alpha value is -1.45. The van der Waals surface area contributed by atoms with Gasteiger partial charge in [-0.1, -0.05) is 5.46 Å². The summed E-state index contributed by atoms with van der Waals surface area (Å²) in [7, 11) is 1.30. The van der Waals surface area contributed by atoms with Gasteiger partial charge in [-0.15, -0.1) is 0 Å². The Morgan fingerprint density at radius 3 is 2.50 bits per heavy atom. The Morgan fingerprint density at radius 1 is 1.58 bits per heavy atom. The van der Waals surface area contributed by atoms with Crippen LogP contribution in [-0.2, 0) is 7.05 Å². The van der Waals surface area contributed by atoms with Crippen molar-refractivity contribution in [1.29, 1.82) is 5.26 Å². The molecule has 0 aliphatic rings. The lowest BCUT2D eigenvalue weighted by atomic mass is 9.80. The number of nitriles is 1. The summed E-state index contributed by atoms with van der Waals surface area (Å²) in [6.07, 6.45) is 0.665. The summed E-state index contributed by atoms with van der Waals surface area (Å²) in [5.41, 5.74) is -1.37. The molecule has 0 aromatic carbocycles. The van der Waals surface area contributed by atoms with Crippen LogP contribution in [-0.4, -0.2) is 16.8 Å². The van der Waals surface area contributed by atoms with Gasteiger partial charge in [0.2, 0.25) is 0 Å². The van der Waals surface area contributed by atoms with Crippen molar-refractivity contribution in [2.75, 3.05) is 0 Å². The third-order valence-electron chi connectivity index (χ3n) is 1.43. The zero-order valence-electron chi connectivity index (χ0n) is 6.13. The monoisotopic (exact) mass is 174 g/mol. The Morgan fingerprint density at radius 2 is 2.17 bits per heavy atom. The van der Waals surface area contributed by atoms with E-state index >= 15 is 0 Å². The lowest BCUT2D eigenvalue weighted by Gasteiger charge is -2.11. The van der Waals surface area contributed by atoms with Crippen molar-refractivity contribution in [2.45, 2.75) is 0 Å². The van der Waals surface area contributed by atoms with Crippen LogP contribution in [0, 0.1) is 11.3 Å². The van der Waals surface area contributed by atoms with Crippen molar-refractivity contribution < 1.29 is 12.9 Å². The second-order valence-electron chi connectivity index (χ2n) is 2.26. The van der Waals surface area contributed by atoms with E-state index in [-0.39, 0.29) is 0 Å². The fourth-order valence-electron chi connectivity index (χ4n) is 0.831. The number of rotatable bonds is 1. The Labute approximate surface area is 66.5 Å². The van der Waals surface area contributed by atoms with Crippen LogP contribution in [0.3, 0.4) is 0 Å². The number of aromatic nitrogens is 2. The van der Waals surface area contributed by atoms with Gasteiger partial charge in [-0.05, 0) is 0 Å². The third kappa shape index (κ3) is 1.28. The molecule has 1 aromatic heterocycles. The quantitative estimate of drug-likeness (QED) is 0.576. The van der Waals surface area contributed by atoms with Gasteiger partial charge in [-0.3, -0.25) is 4.68 Å². The zero-order valence-corrected chi connectivity index (χ0v) is 6.13. The highest BCUT2D eigenvalue weighted by Crippen LogP contribution is 2.10. The molecule has 0 N–H and O–H groups in total. The average Bonchev–Trinajstić information content (AvgIpc) is 2.29. The van der Waals surface area contributed by atoms with E-state index in [1.165, 1.54) is 13.1 Å². The standard InChI is InChI=1S/C5H4BF3N3/c1-12-5(2-10)4(3-11-12)6(7,8)9/h3H,1H3/q-1. The molecule has 0 saturated heterocycles. The molecule has 0 aliphatic carbocycles. The van der Waals surface area contributed by atoms with Crippen LogP contribution in [0.5, 0.6) is 0 Å². The second kappa shape index (κ2) is 2.55. The summed E-state index contributed by atoms with van der Waals surface area (Å²) in [5, 5.41) is 11.7. The molecule has 0 fully saturated rings. The predicted octanol–water partition coefficient (Wildman–Crippen LogP) is 0.346. The SMILES string of the molecule is Cn1ncc([B-](F)(F)F)c1C#N. The van der Waals surface area contributed by atoms with E-state index in [0.717, 1.165) is 4.68 Å². The van der Waals surface area contributed by atoms with Crippen LogP contribution in [0.2, 0.25) is 0 Å². The van der Waals surface area contributed by atoms with E-state index in [4.69, 9.17) is 5.26 Å². The van der Waals surface area contributed by atoms with Gasteiger partial charge in [0, 0.05) is 13.2 Å². The van der Waals surface area contributed by atoms with Crippen LogP contribution < -0.4 is 5.46 Å². The zero-order chi connectivity index (χ0) is 9.35. The fourth-order valence-corrected chi connectivity index (χ4v) is 0.831. The minimum Gasteiger partial charge on any atom is -0.445 e. The molecule has 0 aliphatic heterocycles. The molecule has 0 amide bonds. The third-order valence-corrected chi connectivity index (χ3v) is 1.43. The maximum atomic E-state index is 12.1. The van der Waals surface area contributed by atoms with E-state index < -0.39 is 18.1 Å². The Bertz CT molecular complexity index is 335. The van der Waals surface area contributed by atoms with Crippen molar-refractivity contribution in [3.8, 4) is 6.07 Å². The van der Waals surface area contributed by atoms with Gasteiger partial charge >= 0.3 is 6.98 Å². The molecular weight excluding hydrogens is 170 g/mol. The molecule has 7 heteroatoms. The van der Waals surface area contributed by atoms with Gasteiger partial charge in [0.15, 0.2) is 0 Å². The highest BCUT2D eigenvalue weighted by atomic mass is 19.4. The first-order valence-corrected chi connectivity index (χ1v) is 3.08. The molecule has 1 rings (SSSR count). The minimum absolute atomic E-state index is 0.442. The molecule has 0 atom stereocenters. The molecule has 0 spiro atoms. The van der Waals surface area contributed by atoms with Crippen molar-refractivity contribution in [3.63, 3.8) is 0 Å². The largest absolute Gasteiger partial charge is 0.514 e. The first-order valence-electron chi connectivity index (χ1n) is 3.08. The Kier molecular flexibility index (Phi) is 1.84. The van der Waals surface area contributed by atoms with Gasteiger partial charge in [0.1, 0.15) is 11.8 Å². The van der Waals surface area contributed by atoms with E-state index in [1.807, 2.05) is 0 Å². The molecule has 1 aromatic rings. The lowest BCUT2D eigenvalue weighted by Crippen LogP contribution is -2.35. The maximum Gasteiger partial charge on any atom is 0.514 e. The van der Waals surface area contributed by atoms with Crippen LogP contribution in [0.25, 0.3) is 0 Å². The molecule has 3 nitrogen and oxygen atoms in total. The van der Waals surface area contributed by atoms with Crippen molar-refractivity contribution in [1.82, 2.24) is 9.78 Å². The van der Waals surface area contributed by atoms with Gasteiger partial charge in [0.25, 0.3) is 0 Å². The van der Waals surface area contributed by atoms with Crippen molar-refractivity contribution >= 4 is 12.4 Å². The maximum absolute atomic E-state index is 12.1. The molecule has 0 bridgehead atoms. The number of hydrogen-bond acceptors (Lipinski definition) is 2. The summed E-state index contributed by atoms with van der Waals surface area (Å²) in [6, 6.07) is 1.45. The molecule has 0 unspecified atom stereocenters. The Balaban J connectivity index is 3.28. The smallest absolute Gasteiger partial charge is 0.445 e. The summed E-state index contributed by atoms with van der Waals surface area (Å²) in [6.45, 7) is -5.12. The summed E-state index contributed by atoms with van der Waals surface area (Å²) in [4.78, 5) is 0. The summed E-state index contributed by atoms with van der Waals surface area (Å²) in [5.74, 6) is 0.